The van der Waals surface area contributed by atoms with Gasteiger partial charge in [-0.1, -0.05) is 30.3 Å². The number of hydrogen-bond donors (Lipinski definition) is 1. The van der Waals surface area contributed by atoms with Crippen LogP contribution in [0.3, 0.4) is 0 Å². The summed E-state index contributed by atoms with van der Waals surface area (Å²) in [5.74, 6) is 1.73. The van der Waals surface area contributed by atoms with E-state index in [1.807, 2.05) is 43.3 Å². The Labute approximate surface area is 185 Å². The summed E-state index contributed by atoms with van der Waals surface area (Å²) in [6.07, 6.45) is 5.38. The molecule has 5 nitrogen and oxygen atoms in total. The summed E-state index contributed by atoms with van der Waals surface area (Å²) in [7, 11) is 0. The molecule has 1 saturated heterocycles. The summed E-state index contributed by atoms with van der Waals surface area (Å²) in [5.41, 5.74) is 2.93. The molecule has 7 heteroatoms. The van der Waals surface area contributed by atoms with E-state index in [1.54, 1.807) is 29.4 Å². The molecule has 0 bridgehead atoms. The molecule has 30 heavy (non-hydrogen) atoms. The van der Waals surface area contributed by atoms with Gasteiger partial charge in [0.25, 0.3) is 5.91 Å². The van der Waals surface area contributed by atoms with Gasteiger partial charge in [-0.15, -0.1) is 11.3 Å². The molecule has 3 aromatic rings. The van der Waals surface area contributed by atoms with Crippen molar-refractivity contribution in [1.82, 2.24) is 15.2 Å². The maximum Gasteiger partial charge on any atom is 0.251 e. The molecular formula is C23H27N3O2S2. The molecule has 0 aliphatic carbocycles. The number of benzene rings is 1. The molecular weight excluding hydrogens is 414 g/mol. The number of thiazole rings is 1. The first-order valence-electron chi connectivity index (χ1n) is 10.4. The zero-order chi connectivity index (χ0) is 20.8. The number of thioether (sulfide) groups is 1. The highest BCUT2D eigenvalue weighted by molar-refractivity contribution is 8.00. The fourth-order valence-electron chi connectivity index (χ4n) is 3.71. The molecule has 0 radical (unpaired) electrons. The van der Waals surface area contributed by atoms with Crippen LogP contribution in [-0.2, 0) is 5.75 Å². The second-order valence-electron chi connectivity index (χ2n) is 7.58. The van der Waals surface area contributed by atoms with Crippen molar-refractivity contribution < 1.29 is 9.21 Å². The zero-order valence-electron chi connectivity index (χ0n) is 17.2. The van der Waals surface area contributed by atoms with E-state index >= 15 is 0 Å². The van der Waals surface area contributed by atoms with E-state index in [1.165, 1.54) is 24.8 Å². The minimum absolute atomic E-state index is 0.0432. The molecule has 0 saturated carbocycles. The highest BCUT2D eigenvalue weighted by atomic mass is 32.2. The van der Waals surface area contributed by atoms with E-state index < -0.39 is 0 Å². The molecule has 1 aromatic carbocycles. The number of furan rings is 1. The maximum absolute atomic E-state index is 12.7. The van der Waals surface area contributed by atoms with Crippen molar-refractivity contribution in [2.75, 3.05) is 19.6 Å². The molecule has 1 aliphatic heterocycles. The molecule has 1 fully saturated rings. The fraction of sp³-hybridized carbons (Fsp3) is 0.391. The Bertz CT molecular complexity index is 932. The average Bonchev–Trinajstić information content (AvgIpc) is 3.45. The molecule has 158 valence electrons. The van der Waals surface area contributed by atoms with E-state index in [9.17, 15) is 4.79 Å². The van der Waals surface area contributed by atoms with Gasteiger partial charge in [-0.05, 0) is 62.7 Å². The van der Waals surface area contributed by atoms with Gasteiger partial charge in [0.05, 0.1) is 12.3 Å². The summed E-state index contributed by atoms with van der Waals surface area (Å²) in [6.45, 7) is 4.65. The predicted octanol–water partition coefficient (Wildman–Crippen LogP) is 5.29. The molecule has 4 rings (SSSR count). The number of carbonyl (C=O) groups is 1. The maximum atomic E-state index is 12.7. The molecule has 1 unspecified atom stereocenters. The quantitative estimate of drug-likeness (QED) is 0.481. The van der Waals surface area contributed by atoms with Crippen LogP contribution in [0.25, 0.3) is 0 Å². The van der Waals surface area contributed by atoms with E-state index in [0.29, 0.717) is 12.1 Å². The third-order valence-corrected chi connectivity index (χ3v) is 7.55. The van der Waals surface area contributed by atoms with Crippen LogP contribution in [0.2, 0.25) is 0 Å². The second kappa shape index (κ2) is 10.3. The zero-order valence-corrected chi connectivity index (χ0v) is 18.8. The number of amides is 1. The van der Waals surface area contributed by atoms with Crippen LogP contribution in [0, 0.1) is 6.92 Å². The number of likely N-dealkylation sites (tertiary alicyclic amines) is 1. The number of nitrogens with one attached hydrogen (secondary N) is 1. The number of rotatable bonds is 8. The van der Waals surface area contributed by atoms with E-state index in [2.05, 4.69) is 20.6 Å². The van der Waals surface area contributed by atoms with Crippen LogP contribution in [0.5, 0.6) is 0 Å². The van der Waals surface area contributed by atoms with Gasteiger partial charge in [0.1, 0.15) is 10.1 Å². The Morgan fingerprint density at radius 2 is 2.03 bits per heavy atom. The fourth-order valence-corrected chi connectivity index (χ4v) is 5.51. The Balaban J connectivity index is 1.33. The van der Waals surface area contributed by atoms with Gasteiger partial charge in [-0.2, -0.15) is 0 Å². The minimum atomic E-state index is -0.0432. The van der Waals surface area contributed by atoms with Crippen LogP contribution < -0.4 is 5.32 Å². The van der Waals surface area contributed by atoms with Crippen molar-refractivity contribution in [3.05, 3.63) is 70.6 Å². The lowest BCUT2D eigenvalue weighted by Crippen LogP contribution is -2.40. The first-order chi connectivity index (χ1) is 14.7. The van der Waals surface area contributed by atoms with E-state index in [4.69, 9.17) is 4.42 Å². The van der Waals surface area contributed by atoms with Gasteiger partial charge in [0.2, 0.25) is 0 Å². The van der Waals surface area contributed by atoms with E-state index in [-0.39, 0.29) is 11.9 Å². The summed E-state index contributed by atoms with van der Waals surface area (Å²) >= 11 is 3.40. The van der Waals surface area contributed by atoms with Crippen LogP contribution in [-0.4, -0.2) is 35.4 Å². The summed E-state index contributed by atoms with van der Waals surface area (Å²) in [6, 6.07) is 11.9. The topological polar surface area (TPSA) is 58.4 Å². The number of aryl methyl sites for hydroxylation is 1. The summed E-state index contributed by atoms with van der Waals surface area (Å²) in [5, 5.41) is 5.18. The van der Waals surface area contributed by atoms with Gasteiger partial charge >= 0.3 is 0 Å². The van der Waals surface area contributed by atoms with Gasteiger partial charge in [-0.3, -0.25) is 9.69 Å². The highest BCUT2D eigenvalue weighted by Crippen LogP contribution is 2.26. The van der Waals surface area contributed by atoms with Crippen molar-refractivity contribution >= 4 is 29.0 Å². The van der Waals surface area contributed by atoms with Crippen LogP contribution >= 0.6 is 23.1 Å². The Morgan fingerprint density at radius 3 is 2.70 bits per heavy atom. The first kappa shape index (κ1) is 21.2. The SMILES string of the molecule is Cc1csc(SCc2ccc(C(=O)NCC(c3ccco3)N3CCCCC3)cc2)n1. The Morgan fingerprint density at radius 1 is 1.23 bits per heavy atom. The van der Waals surface area contributed by atoms with Crippen LogP contribution in [0.1, 0.15) is 52.7 Å². The Kier molecular flexibility index (Phi) is 7.25. The van der Waals surface area contributed by atoms with Crippen molar-refractivity contribution in [3.63, 3.8) is 0 Å². The molecule has 1 N–H and O–H groups in total. The number of nitrogens with zero attached hydrogens (tertiary/aromatic N) is 2. The number of carbonyl (C=O) groups excluding carboxylic acids is 1. The van der Waals surface area contributed by atoms with Crippen molar-refractivity contribution in [2.45, 2.75) is 42.3 Å². The third-order valence-electron chi connectivity index (χ3n) is 5.34. The predicted molar refractivity (Wildman–Crippen MR) is 122 cm³/mol. The van der Waals surface area contributed by atoms with Crippen molar-refractivity contribution in [3.8, 4) is 0 Å². The van der Waals surface area contributed by atoms with Gasteiger partial charge in [0, 0.05) is 28.9 Å². The molecule has 1 aliphatic rings. The standard InChI is InChI=1S/C23H27N3O2S2/c1-17-15-29-23(25-17)30-16-18-7-9-19(10-8-18)22(27)24-14-20(21-6-5-13-28-21)26-11-3-2-4-12-26/h5-10,13,15,20H,2-4,11-12,14,16H2,1H3,(H,24,27). The average molecular weight is 442 g/mol. The highest BCUT2D eigenvalue weighted by Gasteiger charge is 2.25. The Hall–Kier alpha value is -2.09. The monoisotopic (exact) mass is 441 g/mol. The summed E-state index contributed by atoms with van der Waals surface area (Å²) < 4.78 is 6.75. The van der Waals surface area contributed by atoms with Crippen LogP contribution in [0.15, 0.2) is 56.8 Å². The van der Waals surface area contributed by atoms with Gasteiger partial charge in [0.15, 0.2) is 0 Å². The number of aromatic nitrogens is 1. The van der Waals surface area contributed by atoms with Crippen molar-refractivity contribution in [2.24, 2.45) is 0 Å². The number of hydrogen-bond acceptors (Lipinski definition) is 6. The molecule has 3 heterocycles. The van der Waals surface area contributed by atoms with Gasteiger partial charge < -0.3 is 9.73 Å². The number of piperidine rings is 1. The third kappa shape index (κ3) is 5.53. The molecule has 0 spiro atoms. The summed E-state index contributed by atoms with van der Waals surface area (Å²) in [4.78, 5) is 19.6. The largest absolute Gasteiger partial charge is 0.468 e. The van der Waals surface area contributed by atoms with Crippen LogP contribution in [0.4, 0.5) is 0 Å². The second-order valence-corrected chi connectivity index (χ2v) is 9.66. The smallest absolute Gasteiger partial charge is 0.251 e. The van der Waals surface area contributed by atoms with E-state index in [0.717, 1.165) is 34.6 Å². The van der Waals surface area contributed by atoms with Gasteiger partial charge in [-0.25, -0.2) is 4.98 Å². The lowest BCUT2D eigenvalue weighted by Gasteiger charge is -2.33. The van der Waals surface area contributed by atoms with Crippen molar-refractivity contribution in [1.29, 1.82) is 0 Å². The molecule has 1 atom stereocenters. The molecule has 2 aromatic heterocycles. The lowest BCUT2D eigenvalue weighted by molar-refractivity contribution is 0.0914. The molecule has 1 amide bonds. The minimum Gasteiger partial charge on any atom is -0.468 e. The lowest BCUT2D eigenvalue weighted by atomic mass is 10.1. The normalized spacial score (nSPS) is 15.8. The first-order valence-corrected chi connectivity index (χ1v) is 12.2.